The molecule has 0 saturated carbocycles. The van der Waals surface area contributed by atoms with Gasteiger partial charge in [-0.2, -0.15) is 0 Å². The highest BCUT2D eigenvalue weighted by molar-refractivity contribution is 7.13. The Morgan fingerprint density at radius 3 is 2.50 bits per heavy atom. The molecule has 1 fully saturated rings. The fraction of sp³-hybridized carbons (Fsp3) is 0.500. The molecule has 0 unspecified atom stereocenters. The maximum Gasteiger partial charge on any atom is 0.255 e. The summed E-state index contributed by atoms with van der Waals surface area (Å²) in [6, 6.07) is 3.74. The molecular weight excluding hydrogens is 374 g/mol. The van der Waals surface area contributed by atoms with Gasteiger partial charge in [0.05, 0.1) is 11.3 Å². The van der Waals surface area contributed by atoms with Crippen molar-refractivity contribution in [3.63, 3.8) is 0 Å². The molecule has 28 heavy (non-hydrogen) atoms. The van der Waals surface area contributed by atoms with Crippen molar-refractivity contribution >= 4 is 34.1 Å². The molecule has 8 heteroatoms. The number of rotatable bonds is 6. The predicted octanol–water partition coefficient (Wildman–Crippen LogP) is 3.18. The molecule has 1 N–H and O–H groups in total. The van der Waals surface area contributed by atoms with Gasteiger partial charge >= 0.3 is 0 Å². The maximum absolute atomic E-state index is 12.8. The molecule has 2 amide bonds. The highest BCUT2D eigenvalue weighted by Gasteiger charge is 2.28. The van der Waals surface area contributed by atoms with E-state index in [4.69, 9.17) is 0 Å². The van der Waals surface area contributed by atoms with Gasteiger partial charge in [0.15, 0.2) is 5.13 Å². The van der Waals surface area contributed by atoms with Gasteiger partial charge in [0, 0.05) is 43.7 Å². The summed E-state index contributed by atoms with van der Waals surface area (Å²) < 4.78 is 0. The molecule has 0 aromatic carbocycles. The Morgan fingerprint density at radius 2 is 1.96 bits per heavy atom. The lowest BCUT2D eigenvalue weighted by atomic mass is 9.95. The first-order valence-electron chi connectivity index (χ1n) is 9.75. The molecule has 0 atom stereocenters. The van der Waals surface area contributed by atoms with E-state index in [9.17, 15) is 9.59 Å². The lowest BCUT2D eigenvalue weighted by Gasteiger charge is -2.31. The summed E-state index contributed by atoms with van der Waals surface area (Å²) in [5.41, 5.74) is 1.50. The van der Waals surface area contributed by atoms with E-state index in [0.29, 0.717) is 36.6 Å². The van der Waals surface area contributed by atoms with Crippen molar-refractivity contribution < 1.29 is 9.59 Å². The van der Waals surface area contributed by atoms with Gasteiger partial charge < -0.3 is 15.1 Å². The van der Waals surface area contributed by atoms with E-state index in [0.717, 1.165) is 24.6 Å². The Labute approximate surface area is 169 Å². The highest BCUT2D eigenvalue weighted by Crippen LogP contribution is 2.22. The van der Waals surface area contributed by atoms with Gasteiger partial charge in [-0.15, -0.1) is 11.3 Å². The van der Waals surface area contributed by atoms with Gasteiger partial charge in [-0.3, -0.25) is 9.59 Å². The summed E-state index contributed by atoms with van der Waals surface area (Å²) in [6.45, 7) is 8.98. The Morgan fingerprint density at radius 1 is 1.25 bits per heavy atom. The van der Waals surface area contributed by atoms with Crippen molar-refractivity contribution in [2.24, 2.45) is 5.92 Å². The summed E-state index contributed by atoms with van der Waals surface area (Å²) in [7, 11) is 0. The van der Waals surface area contributed by atoms with E-state index in [1.807, 2.05) is 29.3 Å². The van der Waals surface area contributed by atoms with E-state index in [1.165, 1.54) is 11.3 Å². The van der Waals surface area contributed by atoms with E-state index < -0.39 is 0 Å². The number of anilines is 2. The van der Waals surface area contributed by atoms with Crippen molar-refractivity contribution in [3.05, 3.63) is 35.0 Å². The third-order valence-corrected chi connectivity index (χ3v) is 5.96. The van der Waals surface area contributed by atoms with Crippen molar-refractivity contribution in [2.45, 2.75) is 33.6 Å². The number of pyridine rings is 1. The zero-order valence-electron chi connectivity index (χ0n) is 16.6. The number of amides is 2. The number of hydrogen-bond donors (Lipinski definition) is 1. The van der Waals surface area contributed by atoms with Crippen LogP contribution in [-0.2, 0) is 4.79 Å². The van der Waals surface area contributed by atoms with Crippen molar-refractivity contribution in [1.82, 2.24) is 14.9 Å². The zero-order chi connectivity index (χ0) is 20.1. The molecule has 0 radical (unpaired) electrons. The minimum atomic E-state index is -0.0866. The predicted molar refractivity (Wildman–Crippen MR) is 112 cm³/mol. The molecule has 150 valence electrons. The third-order valence-electron chi connectivity index (χ3n) is 5.08. The number of nitrogens with one attached hydrogen (secondary N) is 1. The zero-order valence-corrected chi connectivity index (χ0v) is 17.5. The van der Waals surface area contributed by atoms with Gasteiger partial charge in [0.2, 0.25) is 5.91 Å². The van der Waals surface area contributed by atoms with Gasteiger partial charge in [-0.05, 0) is 45.7 Å². The van der Waals surface area contributed by atoms with Gasteiger partial charge in [-0.1, -0.05) is 0 Å². The maximum atomic E-state index is 12.8. The molecule has 1 saturated heterocycles. The number of nitrogens with zero attached hydrogens (tertiary/aromatic N) is 4. The van der Waals surface area contributed by atoms with Crippen molar-refractivity contribution in [2.75, 3.05) is 36.4 Å². The Bertz CT molecular complexity index is 808. The first-order chi connectivity index (χ1) is 13.5. The Kier molecular flexibility index (Phi) is 6.61. The fourth-order valence-electron chi connectivity index (χ4n) is 3.39. The van der Waals surface area contributed by atoms with Crippen LogP contribution in [0.3, 0.4) is 0 Å². The molecule has 1 aliphatic rings. The van der Waals surface area contributed by atoms with Gasteiger partial charge in [0.1, 0.15) is 5.82 Å². The second kappa shape index (κ2) is 9.14. The van der Waals surface area contributed by atoms with Crippen LogP contribution in [-0.4, -0.2) is 52.9 Å². The Balaban J connectivity index is 1.54. The number of hydrogen-bond acceptors (Lipinski definition) is 6. The molecule has 0 aliphatic carbocycles. The van der Waals surface area contributed by atoms with E-state index in [-0.39, 0.29) is 17.7 Å². The summed E-state index contributed by atoms with van der Waals surface area (Å²) in [4.78, 5) is 37.8. The number of carbonyl (C=O) groups is 2. The monoisotopic (exact) mass is 401 g/mol. The average molecular weight is 402 g/mol. The minimum Gasteiger partial charge on any atom is -0.357 e. The van der Waals surface area contributed by atoms with E-state index in [1.54, 1.807) is 6.20 Å². The minimum absolute atomic E-state index is 0.00769. The molecule has 0 spiro atoms. The van der Waals surface area contributed by atoms with Crippen LogP contribution in [0.25, 0.3) is 0 Å². The standard InChI is InChI=1S/C20H27N5O2S/c1-4-24(5-2)17-7-6-16(12-21-17)19(27)25-10-8-15(9-11-25)18(26)23-20-22-14(3)13-28-20/h6-7,12-13,15H,4-5,8-11H2,1-3H3,(H,22,23,26). The lowest BCUT2D eigenvalue weighted by Crippen LogP contribution is -2.41. The van der Waals surface area contributed by atoms with Crippen LogP contribution in [0, 0.1) is 12.8 Å². The molecule has 7 nitrogen and oxygen atoms in total. The number of aryl methyl sites for hydroxylation is 1. The van der Waals surface area contributed by atoms with Crippen LogP contribution >= 0.6 is 11.3 Å². The summed E-state index contributed by atoms with van der Waals surface area (Å²) in [5.74, 6) is 0.769. The molecule has 2 aromatic heterocycles. The number of aromatic nitrogens is 2. The van der Waals surface area contributed by atoms with Crippen LogP contribution in [0.5, 0.6) is 0 Å². The first kappa shape index (κ1) is 20.3. The molecule has 3 heterocycles. The van der Waals surface area contributed by atoms with Gasteiger partial charge in [-0.25, -0.2) is 9.97 Å². The summed E-state index contributed by atoms with van der Waals surface area (Å²) in [6.07, 6.45) is 2.97. The topological polar surface area (TPSA) is 78.4 Å². The van der Waals surface area contributed by atoms with Crippen LogP contribution in [0.15, 0.2) is 23.7 Å². The smallest absolute Gasteiger partial charge is 0.255 e. The second-order valence-corrected chi connectivity index (χ2v) is 7.79. The second-order valence-electron chi connectivity index (χ2n) is 6.93. The van der Waals surface area contributed by atoms with Crippen LogP contribution in [0.2, 0.25) is 0 Å². The third kappa shape index (κ3) is 4.67. The highest BCUT2D eigenvalue weighted by atomic mass is 32.1. The average Bonchev–Trinajstić information content (AvgIpc) is 3.13. The Hall–Kier alpha value is -2.48. The number of likely N-dealkylation sites (tertiary alicyclic amines) is 1. The first-order valence-corrected chi connectivity index (χ1v) is 10.6. The molecule has 1 aliphatic heterocycles. The quantitative estimate of drug-likeness (QED) is 0.804. The van der Waals surface area contributed by atoms with Crippen LogP contribution in [0.4, 0.5) is 10.9 Å². The van der Waals surface area contributed by atoms with Crippen molar-refractivity contribution in [3.8, 4) is 0 Å². The lowest BCUT2D eigenvalue weighted by molar-refractivity contribution is -0.121. The molecule has 2 aromatic rings. The fourth-order valence-corrected chi connectivity index (χ4v) is 4.08. The van der Waals surface area contributed by atoms with Crippen LogP contribution < -0.4 is 10.2 Å². The SMILES string of the molecule is CCN(CC)c1ccc(C(=O)N2CCC(C(=O)Nc3nc(C)cs3)CC2)cn1. The molecule has 0 bridgehead atoms. The van der Waals surface area contributed by atoms with Gasteiger partial charge in [0.25, 0.3) is 5.91 Å². The molecular formula is C20H27N5O2S. The molecule has 3 rings (SSSR count). The van der Waals surface area contributed by atoms with E-state index in [2.05, 4.69) is 34.0 Å². The number of carbonyl (C=O) groups excluding carboxylic acids is 2. The van der Waals surface area contributed by atoms with Crippen LogP contribution in [0.1, 0.15) is 42.7 Å². The summed E-state index contributed by atoms with van der Waals surface area (Å²) in [5, 5.41) is 5.44. The summed E-state index contributed by atoms with van der Waals surface area (Å²) >= 11 is 1.43. The largest absolute Gasteiger partial charge is 0.357 e. The van der Waals surface area contributed by atoms with Crippen molar-refractivity contribution in [1.29, 1.82) is 0 Å². The van der Waals surface area contributed by atoms with E-state index >= 15 is 0 Å². The normalized spacial score (nSPS) is 14.8. The number of thiazole rings is 1. The number of piperidine rings is 1.